The third kappa shape index (κ3) is 4.49. The van der Waals surface area contributed by atoms with Gasteiger partial charge in [-0.25, -0.2) is 4.68 Å². The van der Waals surface area contributed by atoms with Gasteiger partial charge in [0.15, 0.2) is 0 Å². The van der Waals surface area contributed by atoms with Crippen molar-refractivity contribution in [2.24, 2.45) is 0 Å². The van der Waals surface area contributed by atoms with Gasteiger partial charge in [-0.15, -0.1) is 0 Å². The molecule has 0 aliphatic heterocycles. The summed E-state index contributed by atoms with van der Waals surface area (Å²) >= 11 is 6.49. The van der Waals surface area contributed by atoms with Crippen LogP contribution in [0, 0.1) is 0 Å². The zero-order valence-electron chi connectivity index (χ0n) is 15.1. The van der Waals surface area contributed by atoms with E-state index >= 15 is 0 Å². The maximum absolute atomic E-state index is 11.3. The van der Waals surface area contributed by atoms with E-state index in [2.05, 4.69) is 12.0 Å². The van der Waals surface area contributed by atoms with Crippen LogP contribution in [-0.2, 0) is 11.2 Å². The maximum Gasteiger partial charge on any atom is 0.308 e. The third-order valence-corrected chi connectivity index (χ3v) is 4.53. The largest absolute Gasteiger partial charge is 0.494 e. The Bertz CT molecular complexity index is 905. The SMILES string of the molecule is CCCCOc1ccc(-c2nn(-c3ccccc3)c(Cl)c2CC(=O)O)cc1. The predicted molar refractivity (Wildman–Crippen MR) is 106 cm³/mol. The first kappa shape index (κ1) is 19.0. The standard InChI is InChI=1S/C21H21ClN2O3/c1-2-3-13-27-17-11-9-15(10-12-17)20-18(14-19(25)26)21(22)24(23-20)16-7-5-4-6-8-16/h4-12H,2-3,13-14H2,1H3,(H,25,26). The topological polar surface area (TPSA) is 64.4 Å². The number of carboxylic acids is 1. The molecule has 1 N–H and O–H groups in total. The molecule has 3 rings (SSSR count). The molecule has 0 spiro atoms. The predicted octanol–water partition coefficient (Wildman–Crippen LogP) is 5.00. The summed E-state index contributed by atoms with van der Waals surface area (Å²) in [6.07, 6.45) is 1.88. The van der Waals surface area contributed by atoms with Crippen LogP contribution in [0.1, 0.15) is 25.3 Å². The summed E-state index contributed by atoms with van der Waals surface area (Å²) in [7, 11) is 0. The number of ether oxygens (including phenoxy) is 1. The second-order valence-electron chi connectivity index (χ2n) is 6.16. The molecule has 0 aliphatic rings. The van der Waals surface area contributed by atoms with Gasteiger partial charge >= 0.3 is 5.97 Å². The van der Waals surface area contributed by atoms with Gasteiger partial charge in [-0.2, -0.15) is 5.10 Å². The Morgan fingerprint density at radius 1 is 1.15 bits per heavy atom. The molecule has 0 unspecified atom stereocenters. The van der Waals surface area contributed by atoms with Crippen LogP contribution in [0.5, 0.6) is 5.75 Å². The van der Waals surface area contributed by atoms with Crippen molar-refractivity contribution in [3.8, 4) is 22.7 Å². The smallest absolute Gasteiger partial charge is 0.308 e. The van der Waals surface area contributed by atoms with Crippen molar-refractivity contribution >= 4 is 17.6 Å². The molecule has 0 atom stereocenters. The summed E-state index contributed by atoms with van der Waals surface area (Å²) in [6.45, 7) is 2.79. The Balaban J connectivity index is 1.97. The molecular weight excluding hydrogens is 364 g/mol. The summed E-state index contributed by atoms with van der Waals surface area (Å²) < 4.78 is 7.25. The number of aromatic nitrogens is 2. The molecular formula is C21H21ClN2O3. The number of unbranched alkanes of at least 4 members (excludes halogenated alkanes) is 1. The number of rotatable bonds is 8. The lowest BCUT2D eigenvalue weighted by Crippen LogP contribution is -2.01. The molecule has 6 heteroatoms. The monoisotopic (exact) mass is 384 g/mol. The van der Waals surface area contributed by atoms with Crippen LogP contribution in [-0.4, -0.2) is 27.5 Å². The molecule has 0 amide bonds. The number of hydrogen-bond donors (Lipinski definition) is 1. The Labute approximate surface area is 163 Å². The summed E-state index contributed by atoms with van der Waals surface area (Å²) in [5, 5.41) is 14.2. The molecule has 3 aromatic rings. The first-order chi connectivity index (χ1) is 13.1. The van der Waals surface area contributed by atoms with E-state index in [1.54, 1.807) is 4.68 Å². The molecule has 0 fully saturated rings. The van der Waals surface area contributed by atoms with E-state index < -0.39 is 5.97 Å². The average Bonchev–Trinajstić information content (AvgIpc) is 2.99. The van der Waals surface area contributed by atoms with E-state index in [0.717, 1.165) is 29.8 Å². The highest BCUT2D eigenvalue weighted by atomic mass is 35.5. The van der Waals surface area contributed by atoms with Crippen molar-refractivity contribution in [2.45, 2.75) is 26.2 Å². The minimum absolute atomic E-state index is 0.199. The molecule has 27 heavy (non-hydrogen) atoms. The quantitative estimate of drug-likeness (QED) is 0.555. The highest BCUT2D eigenvalue weighted by Gasteiger charge is 2.21. The molecule has 0 radical (unpaired) electrons. The molecule has 1 aromatic heterocycles. The van der Waals surface area contributed by atoms with Gasteiger partial charge in [0, 0.05) is 11.1 Å². The van der Waals surface area contributed by atoms with Crippen molar-refractivity contribution < 1.29 is 14.6 Å². The van der Waals surface area contributed by atoms with Crippen LogP contribution in [0.15, 0.2) is 54.6 Å². The minimum Gasteiger partial charge on any atom is -0.494 e. The van der Waals surface area contributed by atoms with E-state index in [1.165, 1.54) is 0 Å². The van der Waals surface area contributed by atoms with Crippen molar-refractivity contribution in [3.05, 3.63) is 65.3 Å². The van der Waals surface area contributed by atoms with E-state index in [0.29, 0.717) is 23.0 Å². The molecule has 0 saturated carbocycles. The lowest BCUT2D eigenvalue weighted by Gasteiger charge is -2.06. The first-order valence-corrected chi connectivity index (χ1v) is 9.25. The molecule has 0 aliphatic carbocycles. The molecule has 2 aromatic carbocycles. The van der Waals surface area contributed by atoms with Gasteiger partial charge in [-0.3, -0.25) is 4.79 Å². The number of para-hydroxylation sites is 1. The normalized spacial score (nSPS) is 10.7. The summed E-state index contributed by atoms with van der Waals surface area (Å²) in [4.78, 5) is 11.3. The Hall–Kier alpha value is -2.79. The fourth-order valence-corrected chi connectivity index (χ4v) is 3.05. The molecule has 0 saturated heterocycles. The second kappa shape index (κ2) is 8.73. The number of halogens is 1. The van der Waals surface area contributed by atoms with Crippen LogP contribution in [0.25, 0.3) is 16.9 Å². The van der Waals surface area contributed by atoms with Gasteiger partial charge in [0.2, 0.25) is 0 Å². The van der Waals surface area contributed by atoms with E-state index in [9.17, 15) is 9.90 Å². The van der Waals surface area contributed by atoms with Crippen LogP contribution >= 0.6 is 11.6 Å². The van der Waals surface area contributed by atoms with Gasteiger partial charge in [-0.1, -0.05) is 43.1 Å². The molecule has 5 nitrogen and oxygen atoms in total. The van der Waals surface area contributed by atoms with Gasteiger partial charge < -0.3 is 9.84 Å². The van der Waals surface area contributed by atoms with E-state index in [1.807, 2.05) is 54.6 Å². The Kier molecular flexibility index (Phi) is 6.14. The highest BCUT2D eigenvalue weighted by Crippen LogP contribution is 2.32. The molecule has 140 valence electrons. The fraction of sp³-hybridized carbons (Fsp3) is 0.238. The minimum atomic E-state index is -0.953. The summed E-state index contributed by atoms with van der Waals surface area (Å²) in [6, 6.07) is 16.9. The summed E-state index contributed by atoms with van der Waals surface area (Å²) in [5.74, 6) is -0.175. The second-order valence-corrected chi connectivity index (χ2v) is 6.52. The number of hydrogen-bond acceptors (Lipinski definition) is 3. The van der Waals surface area contributed by atoms with E-state index in [4.69, 9.17) is 16.3 Å². The highest BCUT2D eigenvalue weighted by molar-refractivity contribution is 6.31. The number of nitrogens with zero attached hydrogens (tertiary/aromatic N) is 2. The van der Waals surface area contributed by atoms with Crippen molar-refractivity contribution in [2.75, 3.05) is 6.61 Å². The fourth-order valence-electron chi connectivity index (χ4n) is 2.75. The van der Waals surface area contributed by atoms with Gasteiger partial charge in [-0.05, 0) is 42.8 Å². The Morgan fingerprint density at radius 2 is 1.85 bits per heavy atom. The number of carboxylic acid groups (broad SMARTS) is 1. The van der Waals surface area contributed by atoms with Gasteiger partial charge in [0.1, 0.15) is 10.9 Å². The van der Waals surface area contributed by atoms with Crippen molar-refractivity contribution in [1.29, 1.82) is 0 Å². The third-order valence-electron chi connectivity index (χ3n) is 4.14. The van der Waals surface area contributed by atoms with Crippen molar-refractivity contribution in [1.82, 2.24) is 9.78 Å². The summed E-state index contributed by atoms with van der Waals surface area (Å²) in [5.41, 5.74) is 2.63. The van der Waals surface area contributed by atoms with E-state index in [-0.39, 0.29) is 6.42 Å². The zero-order valence-corrected chi connectivity index (χ0v) is 15.8. The van der Waals surface area contributed by atoms with Gasteiger partial charge in [0.05, 0.1) is 24.4 Å². The molecule has 1 heterocycles. The lowest BCUT2D eigenvalue weighted by atomic mass is 10.1. The number of aliphatic carboxylic acids is 1. The maximum atomic E-state index is 11.3. The first-order valence-electron chi connectivity index (χ1n) is 8.88. The number of carbonyl (C=O) groups is 1. The van der Waals surface area contributed by atoms with Gasteiger partial charge in [0.25, 0.3) is 0 Å². The average molecular weight is 385 g/mol. The van der Waals surface area contributed by atoms with Crippen LogP contribution in [0.4, 0.5) is 0 Å². The number of benzene rings is 2. The zero-order chi connectivity index (χ0) is 19.2. The van der Waals surface area contributed by atoms with Crippen LogP contribution in [0.3, 0.4) is 0 Å². The molecule has 0 bridgehead atoms. The lowest BCUT2D eigenvalue weighted by molar-refractivity contribution is -0.136. The van der Waals surface area contributed by atoms with Crippen LogP contribution in [0.2, 0.25) is 5.15 Å². The van der Waals surface area contributed by atoms with Crippen LogP contribution < -0.4 is 4.74 Å². The Morgan fingerprint density at radius 3 is 2.48 bits per heavy atom. The van der Waals surface area contributed by atoms with Crippen molar-refractivity contribution in [3.63, 3.8) is 0 Å².